The Morgan fingerprint density at radius 1 is 1.24 bits per heavy atom. The van der Waals surface area contributed by atoms with Crippen molar-refractivity contribution in [3.63, 3.8) is 0 Å². The molecule has 0 saturated carbocycles. The molecule has 1 heterocycles. The van der Waals surface area contributed by atoms with E-state index in [1.54, 1.807) is 6.20 Å². The van der Waals surface area contributed by atoms with Crippen molar-refractivity contribution in [2.75, 3.05) is 5.32 Å². The van der Waals surface area contributed by atoms with E-state index in [2.05, 4.69) is 37.9 Å². The van der Waals surface area contributed by atoms with E-state index in [1.165, 1.54) is 18.5 Å². The summed E-state index contributed by atoms with van der Waals surface area (Å²) in [5.41, 5.74) is 0.568. The molecule has 0 amide bonds. The molecule has 0 aliphatic carbocycles. The lowest BCUT2D eigenvalue weighted by molar-refractivity contribution is 0.629. The molecule has 17 heavy (non-hydrogen) atoms. The highest BCUT2D eigenvalue weighted by molar-refractivity contribution is 14.1. The molecule has 0 fully saturated rings. The number of halogens is 4. The Balaban J connectivity index is 2.34. The summed E-state index contributed by atoms with van der Waals surface area (Å²) in [5.74, 6) is -0.0180. The van der Waals surface area contributed by atoms with Gasteiger partial charge in [-0.25, -0.2) is 14.4 Å². The molecule has 0 atom stereocenters. The fraction of sp³-hybridized carbons (Fsp3) is 0. The van der Waals surface area contributed by atoms with Gasteiger partial charge in [0.2, 0.25) is 0 Å². The van der Waals surface area contributed by atoms with Crippen LogP contribution in [-0.2, 0) is 0 Å². The lowest BCUT2D eigenvalue weighted by atomic mass is 10.3. The molecule has 0 saturated heterocycles. The van der Waals surface area contributed by atoms with E-state index >= 15 is 0 Å². The molecular formula is C10H5Cl2FIN3. The van der Waals surface area contributed by atoms with Gasteiger partial charge in [-0.3, -0.25) is 0 Å². The third-order valence-corrected chi connectivity index (χ3v) is 3.25. The third-order valence-electron chi connectivity index (χ3n) is 1.91. The lowest BCUT2D eigenvalue weighted by Crippen LogP contribution is -1.97. The molecule has 0 bridgehead atoms. The Bertz CT molecular complexity index is 542. The van der Waals surface area contributed by atoms with Gasteiger partial charge < -0.3 is 5.32 Å². The summed E-state index contributed by atoms with van der Waals surface area (Å²) >= 11 is 13.5. The van der Waals surface area contributed by atoms with E-state index in [-0.39, 0.29) is 10.0 Å². The third kappa shape index (κ3) is 2.97. The minimum atomic E-state index is -0.628. The zero-order chi connectivity index (χ0) is 12.4. The zero-order valence-corrected chi connectivity index (χ0v) is 11.9. The molecule has 0 spiro atoms. The van der Waals surface area contributed by atoms with Gasteiger partial charge in [0, 0.05) is 11.9 Å². The highest BCUT2D eigenvalue weighted by Crippen LogP contribution is 2.29. The fourth-order valence-corrected chi connectivity index (χ4v) is 2.09. The average Bonchev–Trinajstić information content (AvgIpc) is 2.29. The summed E-state index contributed by atoms with van der Waals surface area (Å²) in [6.45, 7) is 0. The van der Waals surface area contributed by atoms with Crippen molar-refractivity contribution in [1.29, 1.82) is 0 Å². The first-order chi connectivity index (χ1) is 8.08. The van der Waals surface area contributed by atoms with Crippen LogP contribution in [0.4, 0.5) is 15.9 Å². The number of aromatic nitrogens is 2. The number of anilines is 2. The van der Waals surface area contributed by atoms with E-state index in [0.717, 1.165) is 3.57 Å². The molecule has 7 heteroatoms. The quantitative estimate of drug-likeness (QED) is 0.621. The Labute approximate surface area is 121 Å². The van der Waals surface area contributed by atoms with Gasteiger partial charge in [-0.2, -0.15) is 0 Å². The number of benzene rings is 1. The average molecular weight is 384 g/mol. The first-order valence-corrected chi connectivity index (χ1v) is 6.28. The lowest BCUT2D eigenvalue weighted by Gasteiger charge is -2.08. The number of nitrogens with zero attached hydrogens (tertiary/aromatic N) is 2. The van der Waals surface area contributed by atoms with Crippen LogP contribution in [0.1, 0.15) is 0 Å². The van der Waals surface area contributed by atoms with Crippen LogP contribution in [0.15, 0.2) is 24.7 Å². The van der Waals surface area contributed by atoms with Crippen LogP contribution in [0.25, 0.3) is 0 Å². The molecule has 1 aromatic carbocycles. The van der Waals surface area contributed by atoms with Gasteiger partial charge in [-0.15, -0.1) is 0 Å². The van der Waals surface area contributed by atoms with Crippen molar-refractivity contribution in [3.8, 4) is 0 Å². The predicted octanol–water partition coefficient (Wildman–Crippen LogP) is 4.27. The molecule has 3 nitrogen and oxygen atoms in total. The van der Waals surface area contributed by atoms with Gasteiger partial charge in [0.05, 0.1) is 13.6 Å². The topological polar surface area (TPSA) is 37.8 Å². The number of hydrogen-bond acceptors (Lipinski definition) is 3. The SMILES string of the molecule is Fc1c(Cl)cc(Nc2ncncc2I)cc1Cl. The standard InChI is InChI=1S/C10H5Cl2FIN3/c11-6-1-5(2-7(12)9(6)13)17-10-8(14)3-15-4-16-10/h1-4H,(H,15,16,17). The maximum absolute atomic E-state index is 13.2. The highest BCUT2D eigenvalue weighted by Gasteiger charge is 2.09. The van der Waals surface area contributed by atoms with Gasteiger partial charge in [0.15, 0.2) is 5.82 Å². The first kappa shape index (κ1) is 12.8. The molecule has 0 unspecified atom stereocenters. The predicted molar refractivity (Wildman–Crippen MR) is 74.5 cm³/mol. The number of hydrogen-bond donors (Lipinski definition) is 1. The smallest absolute Gasteiger partial charge is 0.160 e. The summed E-state index contributed by atoms with van der Waals surface area (Å²) in [6.07, 6.45) is 3.07. The fourth-order valence-electron chi connectivity index (χ4n) is 1.17. The first-order valence-electron chi connectivity index (χ1n) is 4.45. The highest BCUT2D eigenvalue weighted by atomic mass is 127. The van der Waals surface area contributed by atoms with Gasteiger partial charge in [0.25, 0.3) is 0 Å². The Hall–Kier alpha value is -0.660. The van der Waals surface area contributed by atoms with Gasteiger partial charge in [-0.05, 0) is 34.7 Å². The van der Waals surface area contributed by atoms with Crippen LogP contribution in [0.2, 0.25) is 10.0 Å². The van der Waals surface area contributed by atoms with Crippen LogP contribution in [0.3, 0.4) is 0 Å². The Morgan fingerprint density at radius 3 is 2.47 bits per heavy atom. The maximum Gasteiger partial charge on any atom is 0.160 e. The Kier molecular flexibility index (Phi) is 4.01. The van der Waals surface area contributed by atoms with Crippen LogP contribution in [-0.4, -0.2) is 9.97 Å². The number of rotatable bonds is 2. The summed E-state index contributed by atoms with van der Waals surface area (Å²) in [7, 11) is 0. The molecular weight excluding hydrogens is 379 g/mol. The zero-order valence-electron chi connectivity index (χ0n) is 8.22. The van der Waals surface area contributed by atoms with E-state index in [9.17, 15) is 4.39 Å². The van der Waals surface area contributed by atoms with Crippen LogP contribution in [0.5, 0.6) is 0 Å². The van der Waals surface area contributed by atoms with Gasteiger partial charge in [0.1, 0.15) is 12.1 Å². The minimum absolute atomic E-state index is 0.0379. The molecule has 0 aliphatic heterocycles. The van der Waals surface area contributed by atoms with E-state index in [4.69, 9.17) is 23.2 Å². The van der Waals surface area contributed by atoms with Crippen molar-refractivity contribution in [3.05, 3.63) is 44.1 Å². The van der Waals surface area contributed by atoms with Gasteiger partial charge in [-0.1, -0.05) is 23.2 Å². The largest absolute Gasteiger partial charge is 0.339 e. The van der Waals surface area contributed by atoms with Crippen molar-refractivity contribution in [2.24, 2.45) is 0 Å². The van der Waals surface area contributed by atoms with Crippen LogP contribution >= 0.6 is 45.8 Å². The second-order valence-corrected chi connectivity index (χ2v) is 5.07. The summed E-state index contributed by atoms with van der Waals surface area (Å²) in [5, 5.41) is 2.91. The van der Waals surface area contributed by atoms with E-state index in [0.29, 0.717) is 11.5 Å². The molecule has 88 valence electrons. The molecule has 0 radical (unpaired) electrons. The molecule has 2 rings (SSSR count). The second kappa shape index (κ2) is 5.32. The van der Waals surface area contributed by atoms with Crippen molar-refractivity contribution in [1.82, 2.24) is 9.97 Å². The van der Waals surface area contributed by atoms with Gasteiger partial charge >= 0.3 is 0 Å². The number of nitrogens with one attached hydrogen (secondary N) is 1. The molecule has 0 aliphatic rings. The monoisotopic (exact) mass is 383 g/mol. The minimum Gasteiger partial charge on any atom is -0.339 e. The molecule has 2 aromatic rings. The van der Waals surface area contributed by atoms with Crippen molar-refractivity contribution >= 4 is 57.3 Å². The van der Waals surface area contributed by atoms with Crippen molar-refractivity contribution in [2.45, 2.75) is 0 Å². The Morgan fingerprint density at radius 2 is 1.88 bits per heavy atom. The maximum atomic E-state index is 13.2. The molecule has 1 aromatic heterocycles. The van der Waals surface area contributed by atoms with E-state index in [1.807, 2.05) is 0 Å². The normalized spacial score (nSPS) is 10.4. The summed E-state index contributed by atoms with van der Waals surface area (Å²) in [4.78, 5) is 7.91. The molecule has 1 N–H and O–H groups in total. The van der Waals surface area contributed by atoms with Crippen molar-refractivity contribution < 1.29 is 4.39 Å². The summed E-state index contributed by atoms with van der Waals surface area (Å²) < 4.78 is 14.0. The summed E-state index contributed by atoms with van der Waals surface area (Å²) in [6, 6.07) is 2.89. The second-order valence-electron chi connectivity index (χ2n) is 3.10. The van der Waals surface area contributed by atoms with Crippen LogP contribution in [0, 0.1) is 9.39 Å². The van der Waals surface area contributed by atoms with E-state index < -0.39 is 5.82 Å². The van der Waals surface area contributed by atoms with Crippen LogP contribution < -0.4 is 5.32 Å².